The molecule has 0 amide bonds. The van der Waals surface area contributed by atoms with Crippen LogP contribution < -0.4 is 10.6 Å². The fraction of sp³-hybridized carbons (Fsp3) is 0.824. The van der Waals surface area contributed by atoms with Gasteiger partial charge in [0.05, 0.1) is 6.61 Å². The molecule has 1 aliphatic rings. The number of guanidine groups is 1. The molecule has 7 nitrogen and oxygen atoms in total. The van der Waals surface area contributed by atoms with E-state index in [0.717, 1.165) is 69.7 Å². The number of rotatable bonds is 9. The summed E-state index contributed by atoms with van der Waals surface area (Å²) < 4.78 is 7.66. The Balaban J connectivity index is 0.00000312. The van der Waals surface area contributed by atoms with Gasteiger partial charge >= 0.3 is 0 Å². The highest BCUT2D eigenvalue weighted by atomic mass is 127. The minimum absolute atomic E-state index is 0. The Morgan fingerprint density at radius 2 is 2.08 bits per heavy atom. The molecule has 1 aromatic heterocycles. The second-order valence-corrected chi connectivity index (χ2v) is 5.98. The van der Waals surface area contributed by atoms with Crippen molar-refractivity contribution in [2.75, 3.05) is 32.8 Å². The first-order chi connectivity index (χ1) is 11.8. The lowest BCUT2D eigenvalue weighted by Crippen LogP contribution is -2.39. The molecule has 0 spiro atoms. The molecule has 1 aromatic rings. The molecule has 144 valence electrons. The van der Waals surface area contributed by atoms with Gasteiger partial charge in [-0.3, -0.25) is 4.99 Å². The van der Waals surface area contributed by atoms with E-state index in [1.54, 1.807) is 0 Å². The van der Waals surface area contributed by atoms with Crippen LogP contribution in [0.5, 0.6) is 0 Å². The van der Waals surface area contributed by atoms with Crippen LogP contribution in [0.1, 0.15) is 51.2 Å². The van der Waals surface area contributed by atoms with Gasteiger partial charge in [0.1, 0.15) is 11.6 Å². The molecule has 0 saturated heterocycles. The highest BCUT2D eigenvalue weighted by Crippen LogP contribution is 2.15. The third-order valence-electron chi connectivity index (χ3n) is 4.10. The van der Waals surface area contributed by atoms with Gasteiger partial charge in [0.25, 0.3) is 0 Å². The van der Waals surface area contributed by atoms with E-state index in [-0.39, 0.29) is 24.0 Å². The summed E-state index contributed by atoms with van der Waals surface area (Å²) in [6.45, 7) is 9.02. The van der Waals surface area contributed by atoms with Gasteiger partial charge < -0.3 is 19.9 Å². The summed E-state index contributed by atoms with van der Waals surface area (Å²) in [5.74, 6) is 3.14. The molecular formula is C17H33IN6O. The first-order valence-corrected chi connectivity index (χ1v) is 9.36. The topological polar surface area (TPSA) is 76.4 Å². The van der Waals surface area contributed by atoms with Crippen molar-refractivity contribution in [1.82, 2.24) is 25.4 Å². The van der Waals surface area contributed by atoms with E-state index in [9.17, 15) is 0 Å². The third kappa shape index (κ3) is 7.89. The number of fused-ring (bicyclic) bond motifs is 1. The quantitative estimate of drug-likeness (QED) is 0.254. The molecular weight excluding hydrogens is 431 g/mol. The zero-order valence-electron chi connectivity index (χ0n) is 15.6. The number of aryl methyl sites for hydroxylation is 2. The number of halogens is 1. The number of hydrogen-bond donors (Lipinski definition) is 2. The van der Waals surface area contributed by atoms with E-state index >= 15 is 0 Å². The van der Waals surface area contributed by atoms with Gasteiger partial charge in [-0.15, -0.1) is 34.2 Å². The number of nitrogens with one attached hydrogen (secondary N) is 2. The Morgan fingerprint density at radius 1 is 1.20 bits per heavy atom. The fourth-order valence-electron chi connectivity index (χ4n) is 2.89. The summed E-state index contributed by atoms with van der Waals surface area (Å²) in [4.78, 5) is 4.62. The molecule has 0 aromatic carbocycles. The van der Waals surface area contributed by atoms with Crippen molar-refractivity contribution in [2.45, 2.75) is 58.9 Å². The van der Waals surface area contributed by atoms with Gasteiger partial charge in [0, 0.05) is 45.6 Å². The summed E-state index contributed by atoms with van der Waals surface area (Å²) in [6, 6.07) is 0. The largest absolute Gasteiger partial charge is 0.380 e. The van der Waals surface area contributed by atoms with E-state index in [4.69, 9.17) is 4.74 Å². The van der Waals surface area contributed by atoms with Gasteiger partial charge in [-0.1, -0.05) is 6.42 Å². The predicted molar refractivity (Wildman–Crippen MR) is 112 cm³/mol. The fourth-order valence-corrected chi connectivity index (χ4v) is 2.89. The number of aromatic nitrogens is 3. The SMILES string of the molecule is CCNC(=NCCCc1nnc2n1CCCCC2)NCCOCC.I. The summed E-state index contributed by atoms with van der Waals surface area (Å²) in [7, 11) is 0. The van der Waals surface area contributed by atoms with E-state index in [1.165, 1.54) is 19.3 Å². The standard InChI is InChI=1S/C17H32N6O.HI/c1-3-18-17(20-12-14-24-4-2)19-11-8-10-16-22-21-15-9-6-5-7-13-23(15)16;/h3-14H2,1-2H3,(H2,18,19,20);1H. The van der Waals surface area contributed by atoms with Crippen LogP contribution in [0.4, 0.5) is 0 Å². The van der Waals surface area contributed by atoms with E-state index in [1.807, 2.05) is 6.92 Å². The lowest BCUT2D eigenvalue weighted by Gasteiger charge is -2.11. The molecule has 0 fully saturated rings. The molecule has 0 bridgehead atoms. The number of ether oxygens (including phenoxy) is 1. The second kappa shape index (κ2) is 13.3. The Bertz CT molecular complexity index is 505. The van der Waals surface area contributed by atoms with Gasteiger partial charge in [0.15, 0.2) is 5.96 Å². The molecule has 25 heavy (non-hydrogen) atoms. The monoisotopic (exact) mass is 464 g/mol. The van der Waals surface area contributed by atoms with Crippen LogP contribution in [-0.4, -0.2) is 53.6 Å². The van der Waals surface area contributed by atoms with Crippen LogP contribution in [0.25, 0.3) is 0 Å². The van der Waals surface area contributed by atoms with Gasteiger partial charge in [0.2, 0.25) is 0 Å². The summed E-state index contributed by atoms with van der Waals surface area (Å²) in [5, 5.41) is 15.3. The van der Waals surface area contributed by atoms with E-state index in [2.05, 4.69) is 37.3 Å². The summed E-state index contributed by atoms with van der Waals surface area (Å²) in [5.41, 5.74) is 0. The lowest BCUT2D eigenvalue weighted by atomic mass is 10.2. The zero-order chi connectivity index (χ0) is 17.0. The van der Waals surface area contributed by atoms with Crippen LogP contribution >= 0.6 is 24.0 Å². The Hall–Kier alpha value is -0.900. The minimum atomic E-state index is 0. The average molecular weight is 464 g/mol. The molecule has 2 N–H and O–H groups in total. The number of aliphatic imine (C=N–C) groups is 1. The van der Waals surface area contributed by atoms with Crippen LogP contribution in [0.3, 0.4) is 0 Å². The third-order valence-corrected chi connectivity index (χ3v) is 4.10. The van der Waals surface area contributed by atoms with Crippen LogP contribution in [0, 0.1) is 0 Å². The van der Waals surface area contributed by atoms with Crippen molar-refractivity contribution in [3.8, 4) is 0 Å². The van der Waals surface area contributed by atoms with Crippen molar-refractivity contribution < 1.29 is 4.74 Å². The lowest BCUT2D eigenvalue weighted by molar-refractivity contribution is 0.152. The zero-order valence-corrected chi connectivity index (χ0v) is 17.9. The Morgan fingerprint density at radius 3 is 2.88 bits per heavy atom. The molecule has 2 heterocycles. The molecule has 2 rings (SSSR count). The second-order valence-electron chi connectivity index (χ2n) is 5.98. The first kappa shape index (κ1) is 22.1. The molecule has 8 heteroatoms. The van der Waals surface area contributed by atoms with Crippen LogP contribution in [0.2, 0.25) is 0 Å². The summed E-state index contributed by atoms with van der Waals surface area (Å²) in [6.07, 6.45) is 6.77. The van der Waals surface area contributed by atoms with Crippen molar-refractivity contribution in [3.63, 3.8) is 0 Å². The maximum absolute atomic E-state index is 5.34. The van der Waals surface area contributed by atoms with Crippen molar-refractivity contribution in [1.29, 1.82) is 0 Å². The highest BCUT2D eigenvalue weighted by Gasteiger charge is 2.13. The van der Waals surface area contributed by atoms with E-state index < -0.39 is 0 Å². The number of hydrogen-bond acceptors (Lipinski definition) is 4. The van der Waals surface area contributed by atoms with Gasteiger partial charge in [-0.2, -0.15) is 0 Å². The highest BCUT2D eigenvalue weighted by molar-refractivity contribution is 14.0. The van der Waals surface area contributed by atoms with Gasteiger partial charge in [-0.05, 0) is 33.1 Å². The maximum atomic E-state index is 5.34. The Kier molecular flexibility index (Phi) is 11.8. The van der Waals surface area contributed by atoms with Crippen molar-refractivity contribution in [2.24, 2.45) is 4.99 Å². The first-order valence-electron chi connectivity index (χ1n) is 9.36. The van der Waals surface area contributed by atoms with Gasteiger partial charge in [-0.25, -0.2) is 0 Å². The van der Waals surface area contributed by atoms with Crippen LogP contribution in [-0.2, 0) is 24.1 Å². The average Bonchev–Trinajstić information content (AvgIpc) is 2.82. The molecule has 0 atom stereocenters. The Labute approximate surface area is 168 Å². The molecule has 0 saturated carbocycles. The smallest absolute Gasteiger partial charge is 0.191 e. The van der Waals surface area contributed by atoms with E-state index in [0.29, 0.717) is 6.61 Å². The normalized spacial score (nSPS) is 14.4. The number of nitrogens with zero attached hydrogens (tertiary/aromatic N) is 4. The van der Waals surface area contributed by atoms with Crippen molar-refractivity contribution >= 4 is 29.9 Å². The molecule has 0 unspecified atom stereocenters. The summed E-state index contributed by atoms with van der Waals surface area (Å²) >= 11 is 0. The maximum Gasteiger partial charge on any atom is 0.191 e. The predicted octanol–water partition coefficient (Wildman–Crippen LogP) is 2.15. The van der Waals surface area contributed by atoms with Crippen molar-refractivity contribution in [3.05, 3.63) is 11.6 Å². The molecule has 0 radical (unpaired) electrons. The minimum Gasteiger partial charge on any atom is -0.380 e. The molecule has 0 aliphatic carbocycles. The molecule has 1 aliphatic heterocycles. The van der Waals surface area contributed by atoms with Crippen LogP contribution in [0.15, 0.2) is 4.99 Å².